The van der Waals surface area contributed by atoms with Gasteiger partial charge in [0, 0.05) is 17.2 Å². The second-order valence-corrected chi connectivity index (χ2v) is 7.88. The predicted molar refractivity (Wildman–Crippen MR) is 102 cm³/mol. The van der Waals surface area contributed by atoms with Crippen LogP contribution in [-0.4, -0.2) is 38.5 Å². The molecule has 6 nitrogen and oxygen atoms in total. The highest BCUT2D eigenvalue weighted by Gasteiger charge is 2.81. The lowest BCUT2D eigenvalue weighted by Crippen LogP contribution is -2.99. The number of nitrogens with one attached hydrogen (secondary N) is 1. The number of aromatic nitrogens is 3. The van der Waals surface area contributed by atoms with Gasteiger partial charge < -0.3 is 5.21 Å². The molecule has 0 radical (unpaired) electrons. The average molecular weight is 573 g/mol. The second kappa shape index (κ2) is 9.02. The Bertz CT molecular complexity index is 1270. The Morgan fingerprint density at radius 3 is 1.92 bits per heavy atom. The summed E-state index contributed by atoms with van der Waals surface area (Å²) in [6.45, 7) is 0. The average Bonchev–Trinajstić information content (AvgIpc) is 3.20. The maximum atomic E-state index is 14.7. The lowest BCUT2D eigenvalue weighted by atomic mass is 9.87. The smallest absolute Gasteiger partial charge is 0.457 e. The maximum Gasteiger partial charge on any atom is 0.457 e. The van der Waals surface area contributed by atoms with Gasteiger partial charge in [-0.25, -0.2) is 18.7 Å². The number of alkyl halides is 9. The number of rotatable bonds is 5. The van der Waals surface area contributed by atoms with E-state index < -0.39 is 62.0 Å². The van der Waals surface area contributed by atoms with Crippen molar-refractivity contribution < 1.29 is 54.3 Å². The summed E-state index contributed by atoms with van der Waals surface area (Å²) in [5.74, 6) is -8.02. The fourth-order valence-corrected chi connectivity index (χ4v) is 3.72. The normalized spacial score (nSPS) is 15.6. The van der Waals surface area contributed by atoms with E-state index in [9.17, 15) is 49.1 Å². The Labute approximate surface area is 202 Å². The number of quaternary nitrogens is 1. The molecule has 196 valence electrons. The molecule has 2 unspecified atom stereocenters. The third kappa shape index (κ3) is 4.47. The first-order valence-electron chi connectivity index (χ1n) is 8.98. The summed E-state index contributed by atoms with van der Waals surface area (Å²) >= 11 is 11.5. The van der Waals surface area contributed by atoms with Gasteiger partial charge in [0.1, 0.15) is 11.4 Å². The third-order valence-electron chi connectivity index (χ3n) is 4.81. The SMILES string of the molecule is [O-][NH+](O)c1cc(-c2cn(-c3c(Cl)cc(C(F)(C(F)(F)F)C(F)(F)C(F)(F)F)cc3Cl)nn2)ccc1F. The van der Waals surface area contributed by atoms with E-state index in [0.29, 0.717) is 4.68 Å². The van der Waals surface area contributed by atoms with Crippen molar-refractivity contribution in [2.75, 3.05) is 0 Å². The van der Waals surface area contributed by atoms with Gasteiger partial charge in [-0.3, -0.25) is 0 Å². The molecule has 0 aliphatic heterocycles. The molecule has 0 spiro atoms. The first-order chi connectivity index (χ1) is 16.3. The first kappa shape index (κ1) is 27.9. The van der Waals surface area contributed by atoms with E-state index in [0.717, 1.165) is 24.4 Å². The number of nitrogens with zero attached hydrogens (tertiary/aromatic N) is 3. The quantitative estimate of drug-likeness (QED) is 0.303. The van der Waals surface area contributed by atoms with Gasteiger partial charge in [0.15, 0.2) is 5.82 Å². The fraction of sp³-hybridized carbons (Fsp3) is 0.222. The van der Waals surface area contributed by atoms with Crippen molar-refractivity contribution in [3.8, 4) is 16.9 Å². The lowest BCUT2D eigenvalue weighted by Gasteiger charge is -2.36. The minimum atomic E-state index is -6.94. The minimum Gasteiger partial charge on any atom is -0.595 e. The molecule has 3 rings (SSSR count). The summed E-state index contributed by atoms with van der Waals surface area (Å²) in [6.07, 6.45) is -12.8. The summed E-state index contributed by atoms with van der Waals surface area (Å²) in [5.41, 5.74) is -10.0. The van der Waals surface area contributed by atoms with Crippen molar-refractivity contribution in [3.63, 3.8) is 0 Å². The zero-order valence-corrected chi connectivity index (χ0v) is 18.2. The van der Waals surface area contributed by atoms with E-state index in [1.807, 2.05) is 0 Å². The van der Waals surface area contributed by atoms with Crippen molar-refractivity contribution in [2.45, 2.75) is 23.9 Å². The summed E-state index contributed by atoms with van der Waals surface area (Å²) < 4.78 is 134. The molecule has 0 aliphatic rings. The molecule has 0 fully saturated rings. The van der Waals surface area contributed by atoms with Crippen LogP contribution >= 0.6 is 23.2 Å². The molecule has 0 saturated heterocycles. The van der Waals surface area contributed by atoms with Crippen molar-refractivity contribution >= 4 is 28.9 Å². The summed E-state index contributed by atoms with van der Waals surface area (Å²) in [7, 11) is 0. The van der Waals surface area contributed by atoms with E-state index in [1.165, 1.54) is 0 Å². The molecule has 2 N–H and O–H groups in total. The number of hydrogen-bond acceptors (Lipinski definition) is 4. The molecule has 0 saturated carbocycles. The van der Waals surface area contributed by atoms with Gasteiger partial charge in [0.05, 0.1) is 16.2 Å². The number of hydrogen-bond donors (Lipinski definition) is 2. The molecule has 0 aliphatic carbocycles. The lowest BCUT2D eigenvalue weighted by molar-refractivity contribution is -0.992. The van der Waals surface area contributed by atoms with Crippen molar-refractivity contribution in [1.82, 2.24) is 15.0 Å². The summed E-state index contributed by atoms with van der Waals surface area (Å²) in [4.78, 5) is 0. The Balaban J connectivity index is 2.13. The Morgan fingerprint density at radius 2 is 1.44 bits per heavy atom. The largest absolute Gasteiger partial charge is 0.595 e. The fourth-order valence-electron chi connectivity index (χ4n) is 3.06. The van der Waals surface area contributed by atoms with Gasteiger partial charge in [0.25, 0.3) is 0 Å². The van der Waals surface area contributed by atoms with E-state index >= 15 is 0 Å². The summed E-state index contributed by atoms with van der Waals surface area (Å²) in [5, 5.41) is 23.5. The van der Waals surface area contributed by atoms with Gasteiger partial charge in [-0.15, -0.1) is 5.10 Å². The molecule has 2 atom stereocenters. The molecule has 0 amide bonds. The predicted octanol–water partition coefficient (Wildman–Crippen LogP) is 5.71. The zero-order valence-electron chi connectivity index (χ0n) is 16.7. The van der Waals surface area contributed by atoms with E-state index in [1.54, 1.807) is 0 Å². The molecule has 3 aromatic rings. The number of benzene rings is 2. The van der Waals surface area contributed by atoms with Gasteiger partial charge >= 0.3 is 23.9 Å². The van der Waals surface area contributed by atoms with Crippen LogP contribution < -0.4 is 5.23 Å². The topological polar surface area (TPSA) is 78.4 Å². The standard InChI is InChI=1S/C18H8Cl2F10N4O2/c19-9-4-8(15(22,17(25,26)27)16(23,24)18(28,29)30)5-10(20)14(9)33-6-12(31-32-33)7-1-2-11(21)13(3-7)34(35)36/h1-6,34-35H. The maximum absolute atomic E-state index is 14.7. The zero-order chi connectivity index (χ0) is 27.4. The van der Waals surface area contributed by atoms with E-state index in [2.05, 4.69) is 10.3 Å². The van der Waals surface area contributed by atoms with Gasteiger partial charge in [-0.05, 0) is 24.3 Å². The molecular formula is C18H8Cl2F10N4O2. The van der Waals surface area contributed by atoms with Crippen LogP contribution in [0.15, 0.2) is 36.5 Å². The highest BCUT2D eigenvalue weighted by Crippen LogP contribution is 2.59. The Kier molecular flexibility index (Phi) is 7.00. The van der Waals surface area contributed by atoms with Gasteiger partial charge in [-0.2, -0.15) is 40.3 Å². The van der Waals surface area contributed by atoms with Crippen molar-refractivity contribution in [1.29, 1.82) is 0 Å². The monoisotopic (exact) mass is 572 g/mol. The summed E-state index contributed by atoms with van der Waals surface area (Å²) in [6, 6.07) is 2.47. The minimum absolute atomic E-state index is 0.0198. The van der Waals surface area contributed by atoms with Crippen LogP contribution in [0.5, 0.6) is 0 Å². The van der Waals surface area contributed by atoms with Crippen LogP contribution in [0.1, 0.15) is 5.56 Å². The Hall–Kier alpha value is -2.66. The highest BCUT2D eigenvalue weighted by atomic mass is 35.5. The third-order valence-corrected chi connectivity index (χ3v) is 5.39. The van der Waals surface area contributed by atoms with Gasteiger partial charge in [0.2, 0.25) is 5.69 Å². The van der Waals surface area contributed by atoms with Gasteiger partial charge in [-0.1, -0.05) is 28.4 Å². The Morgan fingerprint density at radius 1 is 0.889 bits per heavy atom. The molecule has 36 heavy (non-hydrogen) atoms. The van der Waals surface area contributed by atoms with Crippen molar-refractivity contribution in [3.05, 3.63) is 63.2 Å². The van der Waals surface area contributed by atoms with Crippen molar-refractivity contribution in [2.24, 2.45) is 0 Å². The number of halogens is 12. The van der Waals surface area contributed by atoms with Crippen LogP contribution in [0.3, 0.4) is 0 Å². The molecule has 1 aromatic heterocycles. The molecular weight excluding hydrogens is 565 g/mol. The molecule has 1 heterocycles. The first-order valence-corrected chi connectivity index (χ1v) is 9.74. The van der Waals surface area contributed by atoms with Crippen LogP contribution in [-0.2, 0) is 5.67 Å². The molecule has 0 bridgehead atoms. The molecule has 2 aromatic carbocycles. The van der Waals surface area contributed by atoms with Crippen LogP contribution in [0, 0.1) is 11.0 Å². The van der Waals surface area contributed by atoms with Crippen LogP contribution in [0.25, 0.3) is 16.9 Å². The van der Waals surface area contributed by atoms with Crippen LogP contribution in [0.2, 0.25) is 10.0 Å². The van der Waals surface area contributed by atoms with E-state index in [-0.39, 0.29) is 23.4 Å². The highest BCUT2D eigenvalue weighted by molar-refractivity contribution is 6.37. The van der Waals surface area contributed by atoms with Crippen LogP contribution in [0.4, 0.5) is 49.6 Å². The second-order valence-electron chi connectivity index (χ2n) is 7.07. The van der Waals surface area contributed by atoms with E-state index in [4.69, 9.17) is 28.4 Å². The molecule has 18 heteroatoms.